The van der Waals surface area contributed by atoms with Gasteiger partial charge in [0, 0.05) is 30.3 Å². The molecule has 1 aliphatic heterocycles. The van der Waals surface area contributed by atoms with Gasteiger partial charge in [0.05, 0.1) is 0 Å². The minimum atomic E-state index is -0.116. The van der Waals surface area contributed by atoms with E-state index in [9.17, 15) is 9.59 Å². The first-order chi connectivity index (χ1) is 14.1. The van der Waals surface area contributed by atoms with Gasteiger partial charge >= 0.3 is 0 Å². The summed E-state index contributed by atoms with van der Waals surface area (Å²) in [4.78, 5) is 27.6. The van der Waals surface area contributed by atoms with Gasteiger partial charge in [-0.3, -0.25) is 9.59 Å². The molecule has 2 aliphatic rings. The molecule has 2 fully saturated rings. The molecule has 1 heterocycles. The van der Waals surface area contributed by atoms with Crippen LogP contribution in [0.5, 0.6) is 0 Å². The number of fused-ring (bicyclic) bond motifs is 1. The Hall–Kier alpha value is -2.62. The van der Waals surface area contributed by atoms with Crippen molar-refractivity contribution in [3.05, 3.63) is 70.8 Å². The predicted octanol–water partition coefficient (Wildman–Crippen LogP) is 4.72. The summed E-state index contributed by atoms with van der Waals surface area (Å²) in [6.45, 7) is 3.40. The third-order valence-corrected chi connectivity index (χ3v) is 6.47. The fourth-order valence-electron chi connectivity index (χ4n) is 4.80. The van der Waals surface area contributed by atoms with E-state index in [4.69, 9.17) is 0 Å². The topological polar surface area (TPSA) is 49.4 Å². The SMILES string of the molecule is Cc1ccc(CNC(=O)c2ccc(C(=O)N3CCC[C@@H]4CCCC[C@@H]43)cc2)cc1. The minimum Gasteiger partial charge on any atom is -0.348 e. The molecule has 4 rings (SSSR count). The number of carbonyl (C=O) groups is 2. The Morgan fingerprint density at radius 2 is 1.55 bits per heavy atom. The van der Waals surface area contributed by atoms with E-state index in [-0.39, 0.29) is 11.8 Å². The summed E-state index contributed by atoms with van der Waals surface area (Å²) in [5.74, 6) is 0.677. The van der Waals surface area contributed by atoms with Crippen LogP contribution in [0.3, 0.4) is 0 Å². The number of nitrogens with one attached hydrogen (secondary N) is 1. The van der Waals surface area contributed by atoms with Crippen molar-refractivity contribution in [3.63, 3.8) is 0 Å². The molecule has 1 saturated heterocycles. The van der Waals surface area contributed by atoms with Crippen molar-refractivity contribution in [1.82, 2.24) is 10.2 Å². The van der Waals surface area contributed by atoms with Crippen molar-refractivity contribution in [2.45, 2.75) is 58.0 Å². The maximum Gasteiger partial charge on any atom is 0.254 e. The van der Waals surface area contributed by atoms with Gasteiger partial charge in [0.2, 0.25) is 0 Å². The van der Waals surface area contributed by atoms with Gasteiger partial charge in [-0.05, 0) is 68.4 Å². The lowest BCUT2D eigenvalue weighted by Crippen LogP contribution is -2.49. The predicted molar refractivity (Wildman–Crippen MR) is 115 cm³/mol. The van der Waals surface area contributed by atoms with Crippen LogP contribution in [0.2, 0.25) is 0 Å². The van der Waals surface area contributed by atoms with Gasteiger partial charge in [-0.2, -0.15) is 0 Å². The number of piperidine rings is 1. The highest BCUT2D eigenvalue weighted by Gasteiger charge is 2.35. The molecule has 2 atom stereocenters. The average molecular weight is 391 g/mol. The van der Waals surface area contributed by atoms with Gasteiger partial charge < -0.3 is 10.2 Å². The molecule has 4 heteroatoms. The lowest BCUT2D eigenvalue weighted by Gasteiger charge is -2.44. The molecule has 1 saturated carbocycles. The molecule has 4 nitrogen and oxygen atoms in total. The van der Waals surface area contributed by atoms with Crippen LogP contribution in [0.1, 0.15) is 70.4 Å². The monoisotopic (exact) mass is 390 g/mol. The number of benzene rings is 2. The van der Waals surface area contributed by atoms with Gasteiger partial charge in [-0.25, -0.2) is 0 Å². The van der Waals surface area contributed by atoms with Crippen LogP contribution in [0.4, 0.5) is 0 Å². The van der Waals surface area contributed by atoms with Crippen molar-refractivity contribution in [2.24, 2.45) is 5.92 Å². The Kier molecular flexibility index (Phi) is 5.98. The molecule has 1 N–H and O–H groups in total. The van der Waals surface area contributed by atoms with Gasteiger partial charge in [0.25, 0.3) is 11.8 Å². The van der Waals surface area contributed by atoms with Crippen molar-refractivity contribution >= 4 is 11.8 Å². The van der Waals surface area contributed by atoms with Crippen molar-refractivity contribution < 1.29 is 9.59 Å². The average Bonchev–Trinajstić information content (AvgIpc) is 2.78. The van der Waals surface area contributed by atoms with Crippen LogP contribution >= 0.6 is 0 Å². The molecule has 2 aromatic rings. The third-order valence-electron chi connectivity index (χ3n) is 6.47. The highest BCUT2D eigenvalue weighted by molar-refractivity contribution is 5.98. The second-order valence-corrected chi connectivity index (χ2v) is 8.50. The van der Waals surface area contributed by atoms with Crippen LogP contribution < -0.4 is 5.32 Å². The zero-order valence-corrected chi connectivity index (χ0v) is 17.2. The number of rotatable bonds is 4. The Balaban J connectivity index is 1.38. The van der Waals surface area contributed by atoms with Crippen LogP contribution in [0, 0.1) is 12.8 Å². The molecule has 2 amide bonds. The van der Waals surface area contributed by atoms with Crippen LogP contribution in [-0.2, 0) is 6.54 Å². The first-order valence-electron chi connectivity index (χ1n) is 10.9. The second kappa shape index (κ2) is 8.81. The Bertz CT molecular complexity index is 855. The third kappa shape index (κ3) is 4.52. The minimum absolute atomic E-state index is 0.116. The lowest BCUT2D eigenvalue weighted by molar-refractivity contribution is 0.0390. The first-order valence-corrected chi connectivity index (χ1v) is 10.9. The quantitative estimate of drug-likeness (QED) is 0.821. The van der Waals surface area contributed by atoms with E-state index in [2.05, 4.69) is 10.2 Å². The van der Waals surface area contributed by atoms with Crippen molar-refractivity contribution in [2.75, 3.05) is 6.54 Å². The van der Waals surface area contributed by atoms with Gasteiger partial charge in [-0.1, -0.05) is 42.7 Å². The number of carbonyl (C=O) groups excluding carboxylic acids is 2. The number of hydrogen-bond donors (Lipinski definition) is 1. The molecular formula is C25H30N2O2. The molecule has 0 aromatic heterocycles. The molecule has 0 bridgehead atoms. The van der Waals surface area contributed by atoms with E-state index < -0.39 is 0 Å². The van der Waals surface area contributed by atoms with Crippen LogP contribution in [-0.4, -0.2) is 29.3 Å². The molecular weight excluding hydrogens is 360 g/mol. The maximum absolute atomic E-state index is 13.1. The summed E-state index contributed by atoms with van der Waals surface area (Å²) in [6.07, 6.45) is 7.28. The summed E-state index contributed by atoms with van der Waals surface area (Å²) < 4.78 is 0. The smallest absolute Gasteiger partial charge is 0.254 e. The highest BCUT2D eigenvalue weighted by Crippen LogP contribution is 2.35. The molecule has 0 radical (unpaired) electrons. The maximum atomic E-state index is 13.1. The molecule has 0 unspecified atom stereocenters. The van der Waals surface area contributed by atoms with E-state index in [0.717, 1.165) is 24.9 Å². The zero-order valence-electron chi connectivity index (χ0n) is 17.2. The summed E-state index contributed by atoms with van der Waals surface area (Å²) in [6, 6.07) is 15.7. The van der Waals surface area contributed by atoms with Gasteiger partial charge in [0.15, 0.2) is 0 Å². The first kappa shape index (κ1) is 19.7. The summed E-state index contributed by atoms with van der Waals surface area (Å²) in [7, 11) is 0. The zero-order chi connectivity index (χ0) is 20.2. The number of likely N-dealkylation sites (tertiary alicyclic amines) is 1. The number of amides is 2. The summed E-state index contributed by atoms with van der Waals surface area (Å²) in [5.41, 5.74) is 3.55. The van der Waals surface area contributed by atoms with Crippen molar-refractivity contribution in [1.29, 1.82) is 0 Å². The van der Waals surface area contributed by atoms with E-state index in [1.54, 1.807) is 24.3 Å². The van der Waals surface area contributed by atoms with Crippen molar-refractivity contribution in [3.8, 4) is 0 Å². The number of aryl methyl sites for hydroxylation is 1. The molecule has 1 aliphatic carbocycles. The summed E-state index contributed by atoms with van der Waals surface area (Å²) >= 11 is 0. The van der Waals surface area contributed by atoms with E-state index >= 15 is 0 Å². The normalized spacial score (nSPS) is 21.3. The Labute approximate surface area is 173 Å². The molecule has 29 heavy (non-hydrogen) atoms. The highest BCUT2D eigenvalue weighted by atomic mass is 16.2. The Morgan fingerprint density at radius 3 is 2.31 bits per heavy atom. The summed E-state index contributed by atoms with van der Waals surface area (Å²) in [5, 5.41) is 2.95. The van der Waals surface area contributed by atoms with E-state index in [1.807, 2.05) is 31.2 Å². The molecule has 0 spiro atoms. The van der Waals surface area contributed by atoms with E-state index in [0.29, 0.717) is 29.6 Å². The molecule has 2 aromatic carbocycles. The number of hydrogen-bond acceptors (Lipinski definition) is 2. The number of nitrogens with zero attached hydrogens (tertiary/aromatic N) is 1. The van der Waals surface area contributed by atoms with Crippen LogP contribution in [0.15, 0.2) is 48.5 Å². The standard InChI is InChI=1S/C25H30N2O2/c1-18-8-10-19(11-9-18)17-26-24(28)21-12-14-22(15-13-21)25(29)27-16-4-6-20-5-2-3-7-23(20)27/h8-15,20,23H,2-7,16-17H2,1H3,(H,26,28)/t20-,23-/m0/s1. The van der Waals surface area contributed by atoms with Crippen LogP contribution in [0.25, 0.3) is 0 Å². The molecule has 152 valence electrons. The van der Waals surface area contributed by atoms with E-state index in [1.165, 1.54) is 31.2 Å². The fourth-order valence-corrected chi connectivity index (χ4v) is 4.80. The lowest BCUT2D eigenvalue weighted by atomic mass is 9.78. The second-order valence-electron chi connectivity index (χ2n) is 8.50. The Morgan fingerprint density at radius 1 is 0.897 bits per heavy atom. The largest absolute Gasteiger partial charge is 0.348 e. The van der Waals surface area contributed by atoms with Gasteiger partial charge in [-0.15, -0.1) is 0 Å². The van der Waals surface area contributed by atoms with Gasteiger partial charge in [0.1, 0.15) is 0 Å². The fraction of sp³-hybridized carbons (Fsp3) is 0.440.